The third-order valence-corrected chi connectivity index (χ3v) is 5.13. The van der Waals surface area contributed by atoms with E-state index in [2.05, 4.69) is 15.8 Å². The van der Waals surface area contributed by atoms with Crippen LogP contribution < -0.4 is 10.6 Å². The number of ether oxygens (including phenoxy) is 1. The number of carbonyl (C=O) groups excluding carboxylic acids is 2. The van der Waals surface area contributed by atoms with Crippen molar-refractivity contribution in [3.05, 3.63) is 72.2 Å². The summed E-state index contributed by atoms with van der Waals surface area (Å²) in [7, 11) is 0. The molecule has 2 N–H and O–H groups in total. The second-order valence-corrected chi connectivity index (χ2v) is 7.44. The lowest BCUT2D eigenvalue weighted by Crippen LogP contribution is -2.41. The number of hydrogen-bond acceptors (Lipinski definition) is 5. The molecule has 1 aliphatic carbocycles. The zero-order chi connectivity index (χ0) is 21.6. The van der Waals surface area contributed by atoms with Crippen LogP contribution in [-0.2, 0) is 4.74 Å². The van der Waals surface area contributed by atoms with E-state index in [9.17, 15) is 14.0 Å². The smallest absolute Gasteiger partial charge is 0.411 e. The van der Waals surface area contributed by atoms with Gasteiger partial charge in [0.2, 0.25) is 0 Å². The van der Waals surface area contributed by atoms with Crippen molar-refractivity contribution < 1.29 is 23.2 Å². The summed E-state index contributed by atoms with van der Waals surface area (Å²) in [4.78, 5) is 24.7. The van der Waals surface area contributed by atoms with Crippen molar-refractivity contribution in [2.75, 3.05) is 5.32 Å². The van der Waals surface area contributed by atoms with E-state index in [-0.39, 0.29) is 29.6 Å². The number of aromatic nitrogens is 1. The van der Waals surface area contributed by atoms with Crippen LogP contribution in [0.5, 0.6) is 0 Å². The topological polar surface area (TPSA) is 93.5 Å². The number of hydrogen-bond donors (Lipinski definition) is 2. The first-order valence-electron chi connectivity index (χ1n) is 10.1. The lowest BCUT2D eigenvalue weighted by Gasteiger charge is -2.29. The van der Waals surface area contributed by atoms with Crippen molar-refractivity contribution in [1.29, 1.82) is 0 Å². The van der Waals surface area contributed by atoms with Gasteiger partial charge in [-0.25, -0.2) is 9.18 Å². The molecule has 1 aromatic heterocycles. The molecular weight excluding hydrogens is 401 g/mol. The monoisotopic (exact) mass is 423 g/mol. The summed E-state index contributed by atoms with van der Waals surface area (Å²) in [6.07, 6.45) is 1.89. The highest BCUT2D eigenvalue weighted by Gasteiger charge is 2.27. The van der Waals surface area contributed by atoms with Crippen LogP contribution in [0.25, 0.3) is 11.3 Å². The average molecular weight is 423 g/mol. The fourth-order valence-electron chi connectivity index (χ4n) is 3.60. The van der Waals surface area contributed by atoms with Crippen LogP contribution in [0.4, 0.5) is 14.9 Å². The van der Waals surface area contributed by atoms with Gasteiger partial charge in [0.1, 0.15) is 11.9 Å². The second kappa shape index (κ2) is 9.42. The van der Waals surface area contributed by atoms with Crippen LogP contribution >= 0.6 is 0 Å². The number of nitrogens with zero attached hydrogens (tertiary/aromatic N) is 1. The Morgan fingerprint density at radius 3 is 2.61 bits per heavy atom. The van der Waals surface area contributed by atoms with Gasteiger partial charge in [-0.1, -0.05) is 35.5 Å². The fraction of sp³-hybridized carbons (Fsp3) is 0.261. The Hall–Kier alpha value is -3.68. The van der Waals surface area contributed by atoms with E-state index in [1.54, 1.807) is 6.07 Å². The van der Waals surface area contributed by atoms with Gasteiger partial charge in [0, 0.05) is 29.8 Å². The van der Waals surface area contributed by atoms with Gasteiger partial charge in [0.25, 0.3) is 5.91 Å². The molecule has 0 radical (unpaired) electrons. The summed E-state index contributed by atoms with van der Waals surface area (Å²) in [6, 6.07) is 16.3. The molecule has 0 aliphatic heterocycles. The van der Waals surface area contributed by atoms with Gasteiger partial charge in [0.15, 0.2) is 11.5 Å². The molecule has 1 saturated carbocycles. The molecule has 2 atom stereocenters. The Labute approximate surface area is 178 Å². The third kappa shape index (κ3) is 5.48. The van der Waals surface area contributed by atoms with Gasteiger partial charge in [-0.3, -0.25) is 10.1 Å². The molecule has 1 aliphatic rings. The maximum atomic E-state index is 13.0. The molecule has 2 unspecified atom stereocenters. The number of carbonyl (C=O) groups is 2. The summed E-state index contributed by atoms with van der Waals surface area (Å²) < 4.78 is 23.7. The van der Waals surface area contributed by atoms with Crippen molar-refractivity contribution >= 4 is 17.7 Å². The van der Waals surface area contributed by atoms with Crippen LogP contribution in [0.3, 0.4) is 0 Å². The third-order valence-electron chi connectivity index (χ3n) is 5.13. The quantitative estimate of drug-likeness (QED) is 0.617. The van der Waals surface area contributed by atoms with Gasteiger partial charge < -0.3 is 14.6 Å². The minimum Gasteiger partial charge on any atom is -0.446 e. The molecule has 4 rings (SSSR count). The number of halogens is 1. The van der Waals surface area contributed by atoms with Gasteiger partial charge in [-0.15, -0.1) is 0 Å². The molecule has 0 saturated heterocycles. The first kappa shape index (κ1) is 20.6. The maximum absolute atomic E-state index is 13.0. The van der Waals surface area contributed by atoms with Crippen molar-refractivity contribution in [1.82, 2.24) is 10.5 Å². The molecule has 0 spiro atoms. The van der Waals surface area contributed by atoms with Crippen molar-refractivity contribution in [2.45, 2.75) is 37.8 Å². The zero-order valence-electron chi connectivity index (χ0n) is 16.7. The zero-order valence-corrected chi connectivity index (χ0v) is 16.7. The van der Waals surface area contributed by atoms with Crippen LogP contribution in [0.2, 0.25) is 0 Å². The van der Waals surface area contributed by atoms with Crippen LogP contribution in [0.1, 0.15) is 36.2 Å². The minimum absolute atomic E-state index is 0.137. The van der Waals surface area contributed by atoms with E-state index in [0.29, 0.717) is 24.3 Å². The largest absolute Gasteiger partial charge is 0.446 e. The minimum atomic E-state index is -0.604. The molecule has 1 heterocycles. The molecule has 160 valence electrons. The summed E-state index contributed by atoms with van der Waals surface area (Å²) in [6.45, 7) is 0. The molecule has 1 fully saturated rings. The first-order valence-corrected chi connectivity index (χ1v) is 10.1. The highest BCUT2D eigenvalue weighted by atomic mass is 19.1. The lowest BCUT2D eigenvalue weighted by molar-refractivity contribution is 0.0709. The Bertz CT molecular complexity index is 1040. The molecule has 8 heteroatoms. The number of rotatable bonds is 5. The van der Waals surface area contributed by atoms with Crippen molar-refractivity contribution in [2.24, 2.45) is 0 Å². The van der Waals surface area contributed by atoms with Crippen LogP contribution in [-0.4, -0.2) is 29.3 Å². The molecule has 2 aromatic carbocycles. The number of amides is 2. The Morgan fingerprint density at radius 2 is 1.84 bits per heavy atom. The van der Waals surface area contributed by atoms with E-state index in [1.165, 1.54) is 24.3 Å². The van der Waals surface area contributed by atoms with E-state index >= 15 is 0 Å². The Balaban J connectivity index is 1.29. The first-order chi connectivity index (χ1) is 15.1. The predicted molar refractivity (Wildman–Crippen MR) is 112 cm³/mol. The maximum Gasteiger partial charge on any atom is 0.411 e. The SMILES string of the molecule is O=C(Nc1ccc(F)cc1)OC1CCCC(NC(=O)c2cc(-c3ccccc3)on2)C1. The predicted octanol–water partition coefficient (Wildman–Crippen LogP) is 4.77. The Morgan fingerprint density at radius 1 is 1.06 bits per heavy atom. The highest BCUT2D eigenvalue weighted by Crippen LogP contribution is 2.23. The van der Waals surface area contributed by atoms with Gasteiger partial charge in [-0.05, 0) is 43.5 Å². The van der Waals surface area contributed by atoms with Crippen LogP contribution in [0.15, 0.2) is 65.2 Å². The van der Waals surface area contributed by atoms with E-state index < -0.39 is 6.09 Å². The summed E-state index contributed by atoms with van der Waals surface area (Å²) in [5.41, 5.74) is 1.50. The standard InChI is InChI=1S/C23H22FN3O4/c24-16-9-11-17(12-10-16)26-23(29)30-19-8-4-7-18(13-19)25-22(28)20-14-21(31-27-20)15-5-2-1-3-6-15/h1-3,5-6,9-12,14,18-19H,4,7-8,13H2,(H,25,28)(H,26,29). The number of nitrogens with one attached hydrogen (secondary N) is 2. The Kier molecular flexibility index (Phi) is 6.26. The van der Waals surface area contributed by atoms with Gasteiger partial charge in [-0.2, -0.15) is 0 Å². The molecule has 3 aromatic rings. The summed E-state index contributed by atoms with van der Waals surface area (Å²) >= 11 is 0. The molecule has 7 nitrogen and oxygen atoms in total. The molecule has 2 amide bonds. The number of anilines is 1. The molecule has 0 bridgehead atoms. The second-order valence-electron chi connectivity index (χ2n) is 7.44. The lowest BCUT2D eigenvalue weighted by atomic mass is 9.92. The van der Waals surface area contributed by atoms with E-state index in [0.717, 1.165) is 18.4 Å². The van der Waals surface area contributed by atoms with Crippen LogP contribution in [0, 0.1) is 5.82 Å². The summed E-state index contributed by atoms with van der Waals surface area (Å²) in [5, 5.41) is 9.39. The van der Waals surface area contributed by atoms with Gasteiger partial charge in [0.05, 0.1) is 0 Å². The highest BCUT2D eigenvalue weighted by molar-refractivity contribution is 5.93. The fourth-order valence-corrected chi connectivity index (χ4v) is 3.60. The van der Waals surface area contributed by atoms with Crippen molar-refractivity contribution in [3.63, 3.8) is 0 Å². The molecule has 31 heavy (non-hydrogen) atoms. The normalized spacial score (nSPS) is 18.2. The van der Waals surface area contributed by atoms with E-state index in [4.69, 9.17) is 9.26 Å². The summed E-state index contributed by atoms with van der Waals surface area (Å²) in [5.74, 6) is -0.187. The van der Waals surface area contributed by atoms with Crippen molar-refractivity contribution in [3.8, 4) is 11.3 Å². The average Bonchev–Trinajstić information content (AvgIpc) is 3.27. The molecular formula is C23H22FN3O4. The number of benzene rings is 2. The van der Waals surface area contributed by atoms with E-state index in [1.807, 2.05) is 30.3 Å². The van der Waals surface area contributed by atoms with Gasteiger partial charge >= 0.3 is 6.09 Å².